The molecule has 2 heterocycles. The first-order chi connectivity index (χ1) is 10.3. The maximum Gasteiger partial charge on any atom is 0.256 e. The molecule has 2 aromatic rings. The highest BCUT2D eigenvalue weighted by atomic mass is 32.2. The van der Waals surface area contributed by atoms with Crippen molar-refractivity contribution in [2.45, 2.75) is 11.6 Å². The summed E-state index contributed by atoms with van der Waals surface area (Å²) in [4.78, 5) is 18.7. The molecule has 5 nitrogen and oxygen atoms in total. The van der Waals surface area contributed by atoms with Crippen LogP contribution in [0.3, 0.4) is 0 Å². The van der Waals surface area contributed by atoms with Gasteiger partial charge in [-0.3, -0.25) is 4.79 Å². The number of carbonyl (C=O) groups is 1. The number of hydrogen-bond acceptors (Lipinski definition) is 5. The number of thioether (sulfide) groups is 1. The van der Waals surface area contributed by atoms with E-state index in [9.17, 15) is 4.79 Å². The summed E-state index contributed by atoms with van der Waals surface area (Å²) < 4.78 is 10.2. The van der Waals surface area contributed by atoms with E-state index in [1.807, 2.05) is 12.3 Å². The SMILES string of the molecule is COCCN(Cc1ccoc1)C(=O)c1cccnc1SC. The molecule has 0 unspecified atom stereocenters. The lowest BCUT2D eigenvalue weighted by Gasteiger charge is -2.22. The van der Waals surface area contributed by atoms with E-state index in [4.69, 9.17) is 9.15 Å². The summed E-state index contributed by atoms with van der Waals surface area (Å²) in [6.07, 6.45) is 6.85. The molecule has 1 amide bonds. The van der Waals surface area contributed by atoms with Crippen LogP contribution >= 0.6 is 11.8 Å². The van der Waals surface area contributed by atoms with Crippen LogP contribution in [0.5, 0.6) is 0 Å². The van der Waals surface area contributed by atoms with Crippen molar-refractivity contribution in [3.63, 3.8) is 0 Å². The highest BCUT2D eigenvalue weighted by Crippen LogP contribution is 2.19. The molecule has 0 bridgehead atoms. The predicted molar refractivity (Wildman–Crippen MR) is 81.3 cm³/mol. The molecule has 0 aromatic carbocycles. The van der Waals surface area contributed by atoms with Gasteiger partial charge in [-0.15, -0.1) is 11.8 Å². The second-order valence-corrected chi connectivity index (χ2v) is 5.21. The third kappa shape index (κ3) is 4.09. The van der Waals surface area contributed by atoms with Gasteiger partial charge in [0.1, 0.15) is 5.03 Å². The Bertz CT molecular complexity index is 572. The number of pyridine rings is 1. The first kappa shape index (κ1) is 15.6. The molecule has 6 heteroatoms. The molecule has 2 rings (SSSR count). The lowest BCUT2D eigenvalue weighted by atomic mass is 10.2. The molecule has 0 aliphatic rings. The van der Waals surface area contributed by atoms with Crippen molar-refractivity contribution in [2.24, 2.45) is 0 Å². The van der Waals surface area contributed by atoms with E-state index in [1.54, 1.807) is 42.9 Å². The minimum atomic E-state index is -0.0503. The van der Waals surface area contributed by atoms with Crippen LogP contribution in [-0.4, -0.2) is 42.3 Å². The maximum atomic E-state index is 12.7. The van der Waals surface area contributed by atoms with Crippen LogP contribution in [0.15, 0.2) is 46.4 Å². The van der Waals surface area contributed by atoms with Crippen LogP contribution in [0.2, 0.25) is 0 Å². The van der Waals surface area contributed by atoms with Crippen molar-refractivity contribution >= 4 is 17.7 Å². The number of nitrogens with zero attached hydrogens (tertiary/aromatic N) is 2. The molecule has 21 heavy (non-hydrogen) atoms. The molecule has 0 N–H and O–H groups in total. The van der Waals surface area contributed by atoms with Crippen molar-refractivity contribution in [1.29, 1.82) is 0 Å². The number of rotatable bonds is 7. The summed E-state index contributed by atoms with van der Waals surface area (Å²) in [5, 5.41) is 0.733. The van der Waals surface area contributed by atoms with E-state index in [2.05, 4.69) is 4.98 Å². The van der Waals surface area contributed by atoms with Gasteiger partial charge in [-0.05, 0) is 24.5 Å². The summed E-state index contributed by atoms with van der Waals surface area (Å²) >= 11 is 1.46. The van der Waals surface area contributed by atoms with Gasteiger partial charge in [0, 0.05) is 32.0 Å². The van der Waals surface area contributed by atoms with Crippen molar-refractivity contribution in [1.82, 2.24) is 9.88 Å². The first-order valence-corrected chi connectivity index (χ1v) is 7.77. The third-order valence-corrected chi connectivity index (χ3v) is 3.71. The molecule has 0 saturated carbocycles. The molecule has 0 saturated heterocycles. The van der Waals surface area contributed by atoms with E-state index in [1.165, 1.54) is 11.8 Å². The zero-order valence-corrected chi connectivity index (χ0v) is 12.9. The van der Waals surface area contributed by atoms with Gasteiger partial charge in [0.05, 0.1) is 24.7 Å². The van der Waals surface area contributed by atoms with Crippen molar-refractivity contribution in [3.05, 3.63) is 48.0 Å². The fraction of sp³-hybridized carbons (Fsp3) is 0.333. The zero-order chi connectivity index (χ0) is 15.1. The average Bonchev–Trinajstić information content (AvgIpc) is 3.03. The maximum absolute atomic E-state index is 12.7. The van der Waals surface area contributed by atoms with E-state index >= 15 is 0 Å². The van der Waals surface area contributed by atoms with Crippen LogP contribution < -0.4 is 0 Å². The average molecular weight is 306 g/mol. The number of methoxy groups -OCH3 is 1. The normalized spacial score (nSPS) is 10.6. The van der Waals surface area contributed by atoms with E-state index < -0.39 is 0 Å². The largest absolute Gasteiger partial charge is 0.472 e. The van der Waals surface area contributed by atoms with E-state index in [-0.39, 0.29) is 5.91 Å². The van der Waals surface area contributed by atoms with Gasteiger partial charge < -0.3 is 14.1 Å². The Labute approximate surface area is 128 Å². The lowest BCUT2D eigenvalue weighted by molar-refractivity contribution is 0.0676. The van der Waals surface area contributed by atoms with Crippen LogP contribution in [-0.2, 0) is 11.3 Å². The zero-order valence-electron chi connectivity index (χ0n) is 12.1. The van der Waals surface area contributed by atoms with E-state index in [0.29, 0.717) is 25.3 Å². The monoisotopic (exact) mass is 306 g/mol. The van der Waals surface area contributed by atoms with Crippen molar-refractivity contribution in [3.8, 4) is 0 Å². The van der Waals surface area contributed by atoms with Gasteiger partial charge in [-0.25, -0.2) is 4.98 Å². The van der Waals surface area contributed by atoms with Crippen LogP contribution in [0.25, 0.3) is 0 Å². The van der Waals surface area contributed by atoms with Gasteiger partial charge in [0.25, 0.3) is 5.91 Å². The van der Waals surface area contributed by atoms with Crippen molar-refractivity contribution in [2.75, 3.05) is 26.5 Å². The highest BCUT2D eigenvalue weighted by molar-refractivity contribution is 7.98. The van der Waals surface area contributed by atoms with Gasteiger partial charge in [-0.1, -0.05) is 0 Å². The predicted octanol–water partition coefficient (Wildman–Crippen LogP) is 2.69. The Balaban J connectivity index is 2.20. The number of carbonyl (C=O) groups excluding carboxylic acids is 1. The summed E-state index contributed by atoms with van der Waals surface area (Å²) in [6.45, 7) is 1.49. The number of ether oxygens (including phenoxy) is 1. The van der Waals surface area contributed by atoms with Gasteiger partial charge >= 0.3 is 0 Å². The molecule has 0 aliphatic heterocycles. The Hall–Kier alpha value is -1.79. The summed E-state index contributed by atoms with van der Waals surface area (Å²) in [7, 11) is 1.62. The van der Waals surface area contributed by atoms with Crippen LogP contribution in [0, 0.1) is 0 Å². The summed E-state index contributed by atoms with van der Waals surface area (Å²) in [5.41, 5.74) is 1.57. The molecule has 0 fully saturated rings. The third-order valence-electron chi connectivity index (χ3n) is 3.00. The van der Waals surface area contributed by atoms with Gasteiger partial charge in [0.15, 0.2) is 0 Å². The fourth-order valence-electron chi connectivity index (χ4n) is 1.94. The first-order valence-electron chi connectivity index (χ1n) is 6.54. The smallest absolute Gasteiger partial charge is 0.256 e. The van der Waals surface area contributed by atoms with Gasteiger partial charge in [-0.2, -0.15) is 0 Å². The molecular formula is C15H18N2O3S. The number of amides is 1. The van der Waals surface area contributed by atoms with Crippen LogP contribution in [0.4, 0.5) is 0 Å². The summed E-state index contributed by atoms with van der Waals surface area (Å²) in [5.74, 6) is -0.0503. The van der Waals surface area contributed by atoms with Crippen molar-refractivity contribution < 1.29 is 13.9 Å². The Kier molecular flexibility index (Phi) is 5.83. The second-order valence-electron chi connectivity index (χ2n) is 4.41. The standard InChI is InChI=1S/C15H18N2O3S/c1-19-9-7-17(10-12-5-8-20-11-12)15(18)13-4-3-6-16-14(13)21-2/h3-6,8,11H,7,9-10H2,1-2H3. The Morgan fingerprint density at radius 3 is 3.00 bits per heavy atom. The van der Waals surface area contributed by atoms with Gasteiger partial charge in [0.2, 0.25) is 0 Å². The van der Waals surface area contributed by atoms with E-state index in [0.717, 1.165) is 10.6 Å². The molecule has 0 radical (unpaired) electrons. The Morgan fingerprint density at radius 1 is 1.48 bits per heavy atom. The molecule has 112 valence electrons. The van der Waals surface area contributed by atoms with Crippen LogP contribution in [0.1, 0.15) is 15.9 Å². The molecular weight excluding hydrogens is 288 g/mol. The number of aromatic nitrogens is 1. The topological polar surface area (TPSA) is 55.6 Å². The minimum absolute atomic E-state index is 0.0503. The highest BCUT2D eigenvalue weighted by Gasteiger charge is 2.19. The number of hydrogen-bond donors (Lipinski definition) is 0. The Morgan fingerprint density at radius 2 is 2.33 bits per heavy atom. The lowest BCUT2D eigenvalue weighted by Crippen LogP contribution is -2.33. The quantitative estimate of drug-likeness (QED) is 0.736. The summed E-state index contributed by atoms with van der Waals surface area (Å²) in [6, 6.07) is 5.43. The second kappa shape index (κ2) is 7.85. The minimum Gasteiger partial charge on any atom is -0.472 e. The molecule has 2 aromatic heterocycles. The molecule has 0 spiro atoms. The molecule has 0 aliphatic carbocycles. The fourth-order valence-corrected chi connectivity index (χ4v) is 2.49. The number of furan rings is 1. The molecule has 0 atom stereocenters.